The number of amides is 4. The van der Waals surface area contributed by atoms with Crippen molar-refractivity contribution in [3.05, 3.63) is 42.5 Å². The molecule has 2 heterocycles. The number of carbonyl (C=O) groups is 4. The Morgan fingerprint density at radius 2 is 1.29 bits per heavy atom. The molecule has 1 aromatic carbocycles. The summed E-state index contributed by atoms with van der Waals surface area (Å²) in [4.78, 5) is 44.0. The van der Waals surface area contributed by atoms with Gasteiger partial charge in [-0.2, -0.15) is 5.06 Å². The number of hydrogen-bond acceptors (Lipinski definition) is 5. The van der Waals surface area contributed by atoms with Crippen LogP contribution in [0.1, 0.15) is 12.8 Å². The number of hydroxylamine groups is 2. The van der Waals surface area contributed by atoms with Crippen molar-refractivity contribution in [3.8, 4) is 0 Å². The Hall–Kier alpha value is -2.80. The fourth-order valence-corrected chi connectivity index (χ4v) is 1.80. The average molecular weight is 288 g/mol. The third-order valence-corrected chi connectivity index (χ3v) is 2.85. The first-order valence-corrected chi connectivity index (χ1v) is 6.16. The van der Waals surface area contributed by atoms with Crippen molar-refractivity contribution in [1.82, 2.24) is 5.06 Å². The van der Waals surface area contributed by atoms with Gasteiger partial charge in [0.25, 0.3) is 23.6 Å². The van der Waals surface area contributed by atoms with E-state index in [0.29, 0.717) is 5.69 Å². The molecule has 0 aromatic heterocycles. The van der Waals surface area contributed by atoms with Crippen LogP contribution >= 0.6 is 0 Å². The van der Waals surface area contributed by atoms with E-state index in [1.54, 1.807) is 24.3 Å². The molecule has 3 rings (SSSR count). The molecule has 2 aliphatic rings. The maximum absolute atomic E-state index is 11.2. The lowest BCUT2D eigenvalue weighted by molar-refractivity contribution is -0.171. The maximum atomic E-state index is 11.2. The summed E-state index contributed by atoms with van der Waals surface area (Å²) >= 11 is 0. The number of rotatable bonds is 1. The zero-order chi connectivity index (χ0) is 15.4. The third kappa shape index (κ3) is 3.21. The predicted octanol–water partition coefficient (Wildman–Crippen LogP) is 0.641. The summed E-state index contributed by atoms with van der Waals surface area (Å²) in [6.07, 6.45) is 2.84. The third-order valence-electron chi connectivity index (χ3n) is 2.85. The molecule has 0 atom stereocenters. The molecule has 1 saturated heterocycles. The smallest absolute Gasteiger partial charge is 0.258 e. The van der Waals surface area contributed by atoms with Crippen LogP contribution < -0.4 is 4.90 Å². The highest BCUT2D eigenvalue weighted by atomic mass is 16.5. The van der Waals surface area contributed by atoms with Crippen LogP contribution in [0.2, 0.25) is 0 Å². The second kappa shape index (κ2) is 6.10. The summed E-state index contributed by atoms with van der Waals surface area (Å²) in [5.41, 5.74) is 0.613. The van der Waals surface area contributed by atoms with Crippen LogP contribution in [0, 0.1) is 0 Å². The van der Waals surface area contributed by atoms with Gasteiger partial charge in [-0.15, -0.1) is 0 Å². The molecule has 1 fully saturated rings. The molecule has 2 aliphatic heterocycles. The van der Waals surface area contributed by atoms with Crippen molar-refractivity contribution < 1.29 is 24.4 Å². The molecule has 108 valence electrons. The molecule has 0 radical (unpaired) electrons. The molecule has 0 saturated carbocycles. The molecule has 1 N–H and O–H groups in total. The van der Waals surface area contributed by atoms with Crippen LogP contribution in [-0.2, 0) is 19.2 Å². The minimum absolute atomic E-state index is 0.148. The number of imide groups is 2. The van der Waals surface area contributed by atoms with Gasteiger partial charge in [-0.05, 0) is 12.1 Å². The number of benzene rings is 1. The minimum Gasteiger partial charge on any atom is -0.279 e. The first-order valence-electron chi connectivity index (χ1n) is 6.16. The summed E-state index contributed by atoms with van der Waals surface area (Å²) in [5.74, 6) is -1.57. The Balaban J connectivity index is 0.000000173. The van der Waals surface area contributed by atoms with E-state index in [-0.39, 0.29) is 29.7 Å². The first-order chi connectivity index (χ1) is 10.0. The lowest BCUT2D eigenvalue weighted by Gasteiger charge is -2.12. The van der Waals surface area contributed by atoms with E-state index in [2.05, 4.69) is 0 Å². The monoisotopic (exact) mass is 288 g/mol. The van der Waals surface area contributed by atoms with Crippen LogP contribution in [-0.4, -0.2) is 33.9 Å². The van der Waals surface area contributed by atoms with E-state index in [0.717, 1.165) is 4.90 Å². The lowest BCUT2D eigenvalue weighted by Crippen LogP contribution is -2.29. The Morgan fingerprint density at radius 3 is 1.67 bits per heavy atom. The average Bonchev–Trinajstić information content (AvgIpc) is 2.97. The second-order valence-electron chi connectivity index (χ2n) is 4.28. The van der Waals surface area contributed by atoms with E-state index in [4.69, 9.17) is 5.21 Å². The van der Waals surface area contributed by atoms with Crippen LogP contribution in [0.4, 0.5) is 5.69 Å². The van der Waals surface area contributed by atoms with Gasteiger partial charge in [0.2, 0.25) is 0 Å². The highest BCUT2D eigenvalue weighted by molar-refractivity contribution is 6.28. The fraction of sp³-hybridized carbons (Fsp3) is 0.143. The zero-order valence-corrected chi connectivity index (χ0v) is 10.9. The molecule has 1 aromatic rings. The minimum atomic E-state index is -0.505. The quantitative estimate of drug-likeness (QED) is 0.604. The van der Waals surface area contributed by atoms with E-state index < -0.39 is 11.8 Å². The fourth-order valence-electron chi connectivity index (χ4n) is 1.80. The highest BCUT2D eigenvalue weighted by Gasteiger charge is 2.26. The van der Waals surface area contributed by atoms with Crippen molar-refractivity contribution in [2.45, 2.75) is 12.8 Å². The number of carbonyl (C=O) groups excluding carboxylic acids is 4. The van der Waals surface area contributed by atoms with E-state index in [1.165, 1.54) is 12.2 Å². The highest BCUT2D eigenvalue weighted by Crippen LogP contribution is 2.17. The standard InChI is InChI=1S/C10H7NO2.C4H5NO3/c12-9-6-7-10(13)11(9)8-4-2-1-3-5-8;6-3-1-2-4(7)5(3)8/h1-7H;8H,1-2H2. The summed E-state index contributed by atoms with van der Waals surface area (Å²) in [6.45, 7) is 0. The maximum Gasteiger partial charge on any atom is 0.258 e. The normalized spacial score (nSPS) is 17.4. The van der Waals surface area contributed by atoms with E-state index in [1.807, 2.05) is 6.07 Å². The Bertz CT molecular complexity index is 590. The Morgan fingerprint density at radius 1 is 0.810 bits per heavy atom. The number of anilines is 1. The van der Waals surface area contributed by atoms with Gasteiger partial charge in [-0.3, -0.25) is 24.4 Å². The number of hydrogen-bond donors (Lipinski definition) is 1. The number of para-hydroxylation sites is 1. The molecule has 21 heavy (non-hydrogen) atoms. The summed E-state index contributed by atoms with van der Waals surface area (Å²) in [5, 5.41) is 8.57. The summed E-state index contributed by atoms with van der Waals surface area (Å²) < 4.78 is 0. The van der Waals surface area contributed by atoms with Gasteiger partial charge in [0.1, 0.15) is 0 Å². The molecule has 7 nitrogen and oxygen atoms in total. The molecular formula is C14H12N2O5. The number of nitrogens with zero attached hydrogens (tertiary/aromatic N) is 2. The van der Waals surface area contributed by atoms with Gasteiger partial charge in [0, 0.05) is 25.0 Å². The van der Waals surface area contributed by atoms with Gasteiger partial charge in [0.05, 0.1) is 5.69 Å². The molecule has 7 heteroatoms. The second-order valence-corrected chi connectivity index (χ2v) is 4.28. The van der Waals surface area contributed by atoms with Gasteiger partial charge >= 0.3 is 0 Å². The van der Waals surface area contributed by atoms with Gasteiger partial charge < -0.3 is 0 Å². The van der Waals surface area contributed by atoms with E-state index >= 15 is 0 Å². The summed E-state index contributed by atoms with van der Waals surface area (Å²) in [7, 11) is 0. The molecule has 0 unspecified atom stereocenters. The zero-order valence-electron chi connectivity index (χ0n) is 10.9. The van der Waals surface area contributed by atoms with Crippen molar-refractivity contribution in [2.24, 2.45) is 0 Å². The Kier molecular flexibility index (Phi) is 4.24. The summed E-state index contributed by atoms with van der Waals surface area (Å²) in [6, 6.07) is 8.86. The van der Waals surface area contributed by atoms with Crippen LogP contribution in [0.25, 0.3) is 0 Å². The molecule has 0 bridgehead atoms. The van der Waals surface area contributed by atoms with E-state index in [9.17, 15) is 19.2 Å². The molecule has 0 aliphatic carbocycles. The van der Waals surface area contributed by atoms with Crippen LogP contribution in [0.5, 0.6) is 0 Å². The van der Waals surface area contributed by atoms with Gasteiger partial charge in [-0.25, -0.2) is 4.90 Å². The lowest BCUT2D eigenvalue weighted by atomic mass is 10.3. The van der Waals surface area contributed by atoms with Crippen molar-refractivity contribution >= 4 is 29.3 Å². The van der Waals surface area contributed by atoms with Crippen molar-refractivity contribution in [3.63, 3.8) is 0 Å². The molecule has 0 spiro atoms. The predicted molar refractivity (Wildman–Crippen MR) is 70.9 cm³/mol. The topological polar surface area (TPSA) is 95.0 Å². The largest absolute Gasteiger partial charge is 0.279 e. The van der Waals surface area contributed by atoms with Gasteiger partial charge in [-0.1, -0.05) is 18.2 Å². The van der Waals surface area contributed by atoms with Gasteiger partial charge in [0.15, 0.2) is 0 Å². The first kappa shape index (κ1) is 14.6. The van der Waals surface area contributed by atoms with Crippen molar-refractivity contribution in [2.75, 3.05) is 4.90 Å². The van der Waals surface area contributed by atoms with Crippen LogP contribution in [0.3, 0.4) is 0 Å². The molecular weight excluding hydrogens is 276 g/mol. The van der Waals surface area contributed by atoms with Crippen molar-refractivity contribution in [1.29, 1.82) is 0 Å². The van der Waals surface area contributed by atoms with Crippen LogP contribution in [0.15, 0.2) is 42.5 Å². The Labute approximate surface area is 120 Å². The molecule has 4 amide bonds. The SMILES string of the molecule is O=C1C=CC(=O)N1c1ccccc1.O=C1CCC(=O)N1O.